The van der Waals surface area contributed by atoms with E-state index in [1.54, 1.807) is 10.7 Å². The first-order valence-electron chi connectivity index (χ1n) is 6.95. The maximum absolute atomic E-state index is 6.04. The summed E-state index contributed by atoms with van der Waals surface area (Å²) in [4.78, 5) is 9.00. The molecule has 2 heterocycles. The zero-order valence-electron chi connectivity index (χ0n) is 11.7. The molecule has 106 valence electrons. The van der Waals surface area contributed by atoms with Gasteiger partial charge in [0.25, 0.3) is 0 Å². The lowest BCUT2D eigenvalue weighted by Gasteiger charge is -2.04. The Hall–Kier alpha value is -3.21. The molecule has 2 aromatic carbocycles. The highest BCUT2D eigenvalue weighted by atomic mass is 15.3. The van der Waals surface area contributed by atoms with Gasteiger partial charge in [-0.15, -0.1) is 0 Å². The summed E-state index contributed by atoms with van der Waals surface area (Å²) in [6, 6.07) is 19.8. The van der Waals surface area contributed by atoms with E-state index >= 15 is 0 Å². The molecule has 0 atom stereocenters. The van der Waals surface area contributed by atoms with E-state index < -0.39 is 0 Å². The topological polar surface area (TPSA) is 69.1 Å². The van der Waals surface area contributed by atoms with Crippen molar-refractivity contribution >= 4 is 11.6 Å². The number of anilines is 1. The zero-order chi connectivity index (χ0) is 14.9. The van der Waals surface area contributed by atoms with Crippen LogP contribution < -0.4 is 5.73 Å². The summed E-state index contributed by atoms with van der Waals surface area (Å²) < 4.78 is 1.56. The van der Waals surface area contributed by atoms with Gasteiger partial charge in [0.15, 0.2) is 11.5 Å². The van der Waals surface area contributed by atoms with Crippen LogP contribution in [0.5, 0.6) is 0 Å². The number of rotatable bonds is 2. The second kappa shape index (κ2) is 4.96. The zero-order valence-corrected chi connectivity index (χ0v) is 11.7. The Kier molecular flexibility index (Phi) is 2.83. The maximum atomic E-state index is 6.04. The molecule has 0 fully saturated rings. The monoisotopic (exact) mass is 287 g/mol. The summed E-state index contributed by atoms with van der Waals surface area (Å²) in [6.07, 6.45) is 1.77. The van der Waals surface area contributed by atoms with Gasteiger partial charge >= 0.3 is 0 Å². The van der Waals surface area contributed by atoms with E-state index in [4.69, 9.17) is 5.73 Å². The normalized spacial score (nSPS) is 10.9. The minimum absolute atomic E-state index is 0.325. The third kappa shape index (κ3) is 2.00. The van der Waals surface area contributed by atoms with E-state index in [0.29, 0.717) is 17.4 Å². The highest BCUT2D eigenvalue weighted by molar-refractivity contribution is 5.78. The maximum Gasteiger partial charge on any atom is 0.225 e. The molecule has 0 spiro atoms. The van der Waals surface area contributed by atoms with E-state index in [0.717, 1.165) is 16.7 Å². The first-order chi connectivity index (χ1) is 10.8. The van der Waals surface area contributed by atoms with Gasteiger partial charge in [-0.3, -0.25) is 0 Å². The van der Waals surface area contributed by atoms with Gasteiger partial charge in [0, 0.05) is 11.1 Å². The van der Waals surface area contributed by atoms with Gasteiger partial charge in [0.1, 0.15) is 0 Å². The van der Waals surface area contributed by atoms with Crippen LogP contribution >= 0.6 is 0 Å². The molecule has 0 unspecified atom stereocenters. The van der Waals surface area contributed by atoms with E-state index in [1.165, 1.54) is 0 Å². The molecule has 5 heteroatoms. The van der Waals surface area contributed by atoms with E-state index in [1.807, 2.05) is 60.7 Å². The largest absolute Gasteiger partial charge is 0.368 e. The number of hydrogen-bond donors (Lipinski definition) is 1. The molecular formula is C17H13N5. The standard InChI is InChI=1S/C17H13N5/c18-17-21-15(13-9-5-2-6-10-13)20-16-14(11-19-22(16)17)12-7-3-1-4-8-12/h1-11H,(H2,18,20,21). The predicted molar refractivity (Wildman–Crippen MR) is 86.1 cm³/mol. The molecule has 0 radical (unpaired) electrons. The number of fused-ring (bicyclic) bond motifs is 1. The van der Waals surface area contributed by atoms with Gasteiger partial charge in [0.2, 0.25) is 5.95 Å². The Morgan fingerprint density at radius 1 is 0.773 bits per heavy atom. The Balaban J connectivity index is 1.97. The van der Waals surface area contributed by atoms with Crippen molar-refractivity contribution in [2.45, 2.75) is 0 Å². The highest BCUT2D eigenvalue weighted by Gasteiger charge is 2.13. The Morgan fingerprint density at radius 3 is 2.09 bits per heavy atom. The number of aromatic nitrogens is 4. The number of hydrogen-bond acceptors (Lipinski definition) is 4. The summed E-state index contributed by atoms with van der Waals surface area (Å²) >= 11 is 0. The third-order valence-corrected chi connectivity index (χ3v) is 3.51. The van der Waals surface area contributed by atoms with Crippen molar-refractivity contribution in [3.05, 3.63) is 66.9 Å². The van der Waals surface area contributed by atoms with Crippen LogP contribution in [0.15, 0.2) is 66.9 Å². The Morgan fingerprint density at radius 2 is 1.41 bits per heavy atom. The number of benzene rings is 2. The van der Waals surface area contributed by atoms with Gasteiger partial charge in [-0.2, -0.15) is 14.6 Å². The Bertz CT molecular complexity index is 929. The van der Waals surface area contributed by atoms with Gasteiger partial charge in [-0.05, 0) is 5.56 Å². The second-order valence-corrected chi connectivity index (χ2v) is 4.93. The molecule has 2 N–H and O–H groups in total. The van der Waals surface area contributed by atoms with Gasteiger partial charge in [-0.1, -0.05) is 60.7 Å². The van der Waals surface area contributed by atoms with Gasteiger partial charge < -0.3 is 5.73 Å². The smallest absolute Gasteiger partial charge is 0.225 e. The molecule has 4 aromatic rings. The van der Waals surface area contributed by atoms with Crippen molar-refractivity contribution in [1.82, 2.24) is 19.6 Å². The van der Waals surface area contributed by atoms with Crippen molar-refractivity contribution in [1.29, 1.82) is 0 Å². The minimum atomic E-state index is 0.325. The van der Waals surface area contributed by atoms with Crippen LogP contribution in [0.2, 0.25) is 0 Å². The molecule has 4 rings (SSSR count). The summed E-state index contributed by atoms with van der Waals surface area (Å²) in [7, 11) is 0. The molecule has 0 saturated carbocycles. The quantitative estimate of drug-likeness (QED) is 0.615. The van der Waals surface area contributed by atoms with Gasteiger partial charge in [0.05, 0.1) is 6.20 Å². The van der Waals surface area contributed by atoms with E-state index in [2.05, 4.69) is 15.1 Å². The fourth-order valence-electron chi connectivity index (χ4n) is 2.44. The van der Waals surface area contributed by atoms with Crippen LogP contribution in [-0.4, -0.2) is 19.6 Å². The van der Waals surface area contributed by atoms with E-state index in [9.17, 15) is 0 Å². The van der Waals surface area contributed by atoms with Crippen LogP contribution in [-0.2, 0) is 0 Å². The number of nitrogen functional groups attached to an aromatic ring is 1. The van der Waals surface area contributed by atoms with Gasteiger partial charge in [-0.25, -0.2) is 4.98 Å². The van der Waals surface area contributed by atoms with Crippen molar-refractivity contribution in [3.8, 4) is 22.5 Å². The molecule has 0 aliphatic carbocycles. The molecule has 2 aromatic heterocycles. The van der Waals surface area contributed by atoms with Crippen molar-refractivity contribution in [2.24, 2.45) is 0 Å². The fraction of sp³-hybridized carbons (Fsp3) is 0. The van der Waals surface area contributed by atoms with Crippen molar-refractivity contribution in [3.63, 3.8) is 0 Å². The average molecular weight is 287 g/mol. The first kappa shape index (κ1) is 12.5. The minimum Gasteiger partial charge on any atom is -0.368 e. The Labute approximate surface area is 127 Å². The first-order valence-corrected chi connectivity index (χ1v) is 6.95. The highest BCUT2D eigenvalue weighted by Crippen LogP contribution is 2.25. The fourth-order valence-corrected chi connectivity index (χ4v) is 2.44. The van der Waals surface area contributed by atoms with Crippen LogP contribution in [0.3, 0.4) is 0 Å². The van der Waals surface area contributed by atoms with Crippen LogP contribution in [0, 0.1) is 0 Å². The molecule has 0 aliphatic rings. The lowest BCUT2D eigenvalue weighted by molar-refractivity contribution is 0.913. The van der Waals surface area contributed by atoms with E-state index in [-0.39, 0.29) is 0 Å². The lowest BCUT2D eigenvalue weighted by Crippen LogP contribution is -2.05. The van der Waals surface area contributed by atoms with Crippen molar-refractivity contribution in [2.75, 3.05) is 5.73 Å². The van der Waals surface area contributed by atoms with Crippen LogP contribution in [0.25, 0.3) is 28.2 Å². The molecule has 0 saturated heterocycles. The van der Waals surface area contributed by atoms with Crippen LogP contribution in [0.4, 0.5) is 5.95 Å². The van der Waals surface area contributed by atoms with Crippen LogP contribution in [0.1, 0.15) is 0 Å². The summed E-state index contributed by atoms with van der Waals surface area (Å²) in [5.41, 5.74) is 9.66. The summed E-state index contributed by atoms with van der Waals surface area (Å²) in [5.74, 6) is 0.925. The molecule has 22 heavy (non-hydrogen) atoms. The number of nitrogens with two attached hydrogens (primary N) is 1. The molecule has 0 bridgehead atoms. The molecular weight excluding hydrogens is 274 g/mol. The average Bonchev–Trinajstić information content (AvgIpc) is 3.01. The van der Waals surface area contributed by atoms with Crippen molar-refractivity contribution < 1.29 is 0 Å². The molecule has 5 nitrogen and oxygen atoms in total. The lowest BCUT2D eigenvalue weighted by atomic mass is 10.1. The summed E-state index contributed by atoms with van der Waals surface area (Å²) in [6.45, 7) is 0. The third-order valence-electron chi connectivity index (χ3n) is 3.51. The number of nitrogens with zero attached hydrogens (tertiary/aromatic N) is 4. The molecule has 0 amide bonds. The SMILES string of the molecule is Nc1nc(-c2ccccc2)nc2c(-c3ccccc3)cnn12. The molecule has 0 aliphatic heterocycles. The summed E-state index contributed by atoms with van der Waals surface area (Å²) in [5, 5.41) is 4.30. The predicted octanol–water partition coefficient (Wildman–Crippen LogP) is 3.04. The second-order valence-electron chi connectivity index (χ2n) is 4.93.